The van der Waals surface area contributed by atoms with Crippen molar-refractivity contribution in [3.63, 3.8) is 0 Å². The van der Waals surface area contributed by atoms with Crippen LogP contribution in [0.25, 0.3) is 0 Å². The second-order valence-corrected chi connectivity index (χ2v) is 8.85. The third-order valence-corrected chi connectivity index (χ3v) is 6.40. The van der Waals surface area contributed by atoms with Crippen LogP contribution < -0.4 is 5.32 Å². The van der Waals surface area contributed by atoms with Crippen molar-refractivity contribution >= 4 is 11.8 Å². The maximum Gasteiger partial charge on any atom is 0.272 e. The van der Waals surface area contributed by atoms with Crippen molar-refractivity contribution in [2.45, 2.75) is 32.4 Å². The van der Waals surface area contributed by atoms with Crippen LogP contribution in [0.1, 0.15) is 49.7 Å². The number of aromatic nitrogens is 4. The Morgan fingerprint density at radius 2 is 1.75 bits per heavy atom. The SMILES string of the molecule is O=C(NCCCc1ccccc1)c1nn(Cc2ccncc2)c2c1CN(C(=O)c1cccnc1)CC2. The van der Waals surface area contributed by atoms with Gasteiger partial charge in [-0.1, -0.05) is 30.3 Å². The van der Waals surface area contributed by atoms with Crippen LogP contribution in [0, 0.1) is 0 Å². The zero-order valence-corrected chi connectivity index (χ0v) is 20.0. The molecule has 0 fully saturated rings. The van der Waals surface area contributed by atoms with Gasteiger partial charge in [-0.05, 0) is 48.2 Å². The van der Waals surface area contributed by atoms with Gasteiger partial charge in [0.05, 0.1) is 18.7 Å². The summed E-state index contributed by atoms with van der Waals surface area (Å²) < 4.78 is 1.90. The molecule has 5 rings (SSSR count). The van der Waals surface area contributed by atoms with Crippen molar-refractivity contribution in [3.8, 4) is 0 Å². The number of hydrogen-bond acceptors (Lipinski definition) is 5. The van der Waals surface area contributed by atoms with E-state index in [4.69, 9.17) is 5.10 Å². The average Bonchev–Trinajstić information content (AvgIpc) is 3.29. The second-order valence-electron chi connectivity index (χ2n) is 8.85. The monoisotopic (exact) mass is 480 g/mol. The Labute approximate surface area is 210 Å². The van der Waals surface area contributed by atoms with Gasteiger partial charge < -0.3 is 10.2 Å². The van der Waals surface area contributed by atoms with Crippen molar-refractivity contribution in [1.29, 1.82) is 0 Å². The number of nitrogens with zero attached hydrogens (tertiary/aromatic N) is 5. The Hall–Kier alpha value is -4.33. The molecule has 1 N–H and O–H groups in total. The topological polar surface area (TPSA) is 93.0 Å². The Balaban J connectivity index is 1.34. The molecular weight excluding hydrogens is 452 g/mol. The molecule has 4 aromatic rings. The maximum atomic E-state index is 13.2. The normalized spacial score (nSPS) is 12.7. The summed E-state index contributed by atoms with van der Waals surface area (Å²) in [5, 5.41) is 7.76. The molecule has 0 bridgehead atoms. The molecular formula is C28H28N6O2. The van der Waals surface area contributed by atoms with E-state index in [-0.39, 0.29) is 11.8 Å². The first kappa shape index (κ1) is 23.4. The van der Waals surface area contributed by atoms with Gasteiger partial charge >= 0.3 is 0 Å². The van der Waals surface area contributed by atoms with Crippen LogP contribution in [-0.2, 0) is 25.9 Å². The predicted octanol–water partition coefficient (Wildman–Crippen LogP) is 3.28. The number of benzene rings is 1. The number of amides is 2. The number of nitrogens with one attached hydrogen (secondary N) is 1. The van der Waals surface area contributed by atoms with E-state index in [9.17, 15) is 9.59 Å². The Morgan fingerprint density at radius 3 is 2.53 bits per heavy atom. The van der Waals surface area contributed by atoms with Crippen molar-refractivity contribution in [1.82, 2.24) is 30.0 Å². The number of carbonyl (C=O) groups is 2. The van der Waals surface area contributed by atoms with Gasteiger partial charge in [0.1, 0.15) is 0 Å². The summed E-state index contributed by atoms with van der Waals surface area (Å²) in [6, 6.07) is 17.6. The zero-order valence-electron chi connectivity index (χ0n) is 20.0. The fraction of sp³-hybridized carbons (Fsp3) is 0.250. The van der Waals surface area contributed by atoms with Gasteiger partial charge in [-0.15, -0.1) is 0 Å². The smallest absolute Gasteiger partial charge is 0.272 e. The summed E-state index contributed by atoms with van der Waals surface area (Å²) in [6.45, 7) is 1.99. The predicted molar refractivity (Wildman–Crippen MR) is 135 cm³/mol. The molecule has 0 aliphatic carbocycles. The van der Waals surface area contributed by atoms with Crippen molar-refractivity contribution < 1.29 is 9.59 Å². The van der Waals surface area contributed by atoms with E-state index in [0.29, 0.717) is 43.9 Å². The van der Waals surface area contributed by atoms with Crippen molar-refractivity contribution in [3.05, 3.63) is 113 Å². The third-order valence-electron chi connectivity index (χ3n) is 6.40. The summed E-state index contributed by atoms with van der Waals surface area (Å²) in [4.78, 5) is 36.2. The minimum absolute atomic E-state index is 0.0927. The number of pyridine rings is 2. The van der Waals surface area contributed by atoms with Crippen LogP contribution in [0.5, 0.6) is 0 Å². The average molecular weight is 481 g/mol. The molecule has 0 unspecified atom stereocenters. The lowest BCUT2D eigenvalue weighted by molar-refractivity contribution is 0.0730. The molecule has 1 aromatic carbocycles. The van der Waals surface area contributed by atoms with E-state index in [1.807, 2.05) is 35.0 Å². The Kier molecular flexibility index (Phi) is 7.12. The molecule has 36 heavy (non-hydrogen) atoms. The Bertz CT molecular complexity index is 1320. The molecule has 1 aliphatic heterocycles. The minimum atomic E-state index is -0.205. The molecule has 0 saturated heterocycles. The van der Waals surface area contributed by atoms with Gasteiger partial charge in [-0.3, -0.25) is 24.2 Å². The third kappa shape index (κ3) is 5.33. The van der Waals surface area contributed by atoms with Crippen molar-refractivity contribution in [2.75, 3.05) is 13.1 Å². The first-order valence-corrected chi connectivity index (χ1v) is 12.2. The summed E-state index contributed by atoms with van der Waals surface area (Å²) >= 11 is 0. The highest BCUT2D eigenvalue weighted by molar-refractivity contribution is 5.96. The molecule has 0 saturated carbocycles. The zero-order chi connectivity index (χ0) is 24.7. The highest BCUT2D eigenvalue weighted by atomic mass is 16.2. The summed E-state index contributed by atoms with van der Waals surface area (Å²) in [5.74, 6) is -0.298. The molecule has 8 heteroatoms. The number of aryl methyl sites for hydroxylation is 1. The molecule has 3 aromatic heterocycles. The number of fused-ring (bicyclic) bond motifs is 1. The fourth-order valence-electron chi connectivity index (χ4n) is 4.53. The lowest BCUT2D eigenvalue weighted by Gasteiger charge is -2.28. The number of rotatable bonds is 8. The van der Waals surface area contributed by atoms with Gasteiger partial charge in [0.25, 0.3) is 11.8 Å². The lowest BCUT2D eigenvalue weighted by Crippen LogP contribution is -2.37. The van der Waals surface area contributed by atoms with Gasteiger partial charge in [0.15, 0.2) is 5.69 Å². The highest BCUT2D eigenvalue weighted by Crippen LogP contribution is 2.25. The lowest BCUT2D eigenvalue weighted by atomic mass is 10.0. The fourth-order valence-corrected chi connectivity index (χ4v) is 4.53. The summed E-state index contributed by atoms with van der Waals surface area (Å²) in [6.07, 6.45) is 9.07. The van der Waals surface area contributed by atoms with Crippen LogP contribution in [0.4, 0.5) is 0 Å². The van der Waals surface area contributed by atoms with Crippen LogP contribution in [0.15, 0.2) is 79.4 Å². The van der Waals surface area contributed by atoms with Gasteiger partial charge in [-0.2, -0.15) is 5.10 Å². The van der Waals surface area contributed by atoms with E-state index in [1.54, 1.807) is 41.8 Å². The van der Waals surface area contributed by atoms with Crippen LogP contribution in [0.3, 0.4) is 0 Å². The van der Waals surface area contributed by atoms with E-state index < -0.39 is 0 Å². The van der Waals surface area contributed by atoms with E-state index in [1.165, 1.54) is 5.56 Å². The molecule has 0 radical (unpaired) electrons. The quantitative estimate of drug-likeness (QED) is 0.391. The first-order valence-electron chi connectivity index (χ1n) is 12.2. The molecule has 1 aliphatic rings. The minimum Gasteiger partial charge on any atom is -0.351 e. The molecule has 4 heterocycles. The standard InChI is InChI=1S/C28H28N6O2/c35-27(31-14-4-8-21-6-2-1-3-7-21)26-24-20-33(28(36)23-9-5-13-30-18-23)17-12-25(24)34(32-26)19-22-10-15-29-16-11-22/h1-3,5-7,9-11,13,15-16,18H,4,8,12,14,17,19-20H2,(H,31,35). The molecule has 2 amide bonds. The summed E-state index contributed by atoms with van der Waals surface area (Å²) in [7, 11) is 0. The molecule has 0 atom stereocenters. The van der Waals surface area contributed by atoms with E-state index in [2.05, 4.69) is 27.4 Å². The van der Waals surface area contributed by atoms with Gasteiger partial charge in [0, 0.05) is 55.6 Å². The van der Waals surface area contributed by atoms with Crippen LogP contribution in [0.2, 0.25) is 0 Å². The molecule has 0 spiro atoms. The second kappa shape index (κ2) is 10.9. The van der Waals surface area contributed by atoms with E-state index in [0.717, 1.165) is 29.7 Å². The molecule has 182 valence electrons. The summed E-state index contributed by atoms with van der Waals surface area (Å²) in [5.41, 5.74) is 5.04. The molecule has 8 nitrogen and oxygen atoms in total. The largest absolute Gasteiger partial charge is 0.351 e. The van der Waals surface area contributed by atoms with Crippen molar-refractivity contribution in [2.24, 2.45) is 0 Å². The number of carbonyl (C=O) groups excluding carboxylic acids is 2. The Morgan fingerprint density at radius 1 is 0.917 bits per heavy atom. The highest BCUT2D eigenvalue weighted by Gasteiger charge is 2.30. The van der Waals surface area contributed by atoms with Gasteiger partial charge in [0.2, 0.25) is 0 Å². The maximum absolute atomic E-state index is 13.2. The van der Waals surface area contributed by atoms with Gasteiger partial charge in [-0.25, -0.2) is 0 Å². The van der Waals surface area contributed by atoms with Crippen LogP contribution >= 0.6 is 0 Å². The number of hydrogen-bond donors (Lipinski definition) is 1. The van der Waals surface area contributed by atoms with Crippen LogP contribution in [-0.4, -0.2) is 49.6 Å². The first-order chi connectivity index (χ1) is 17.7. The van der Waals surface area contributed by atoms with E-state index >= 15 is 0 Å².